The van der Waals surface area contributed by atoms with Crippen LogP contribution < -0.4 is 16.0 Å². The largest absolute Gasteiger partial charge is 0.336 e. The first-order valence-electron chi connectivity index (χ1n) is 8.36. The van der Waals surface area contributed by atoms with E-state index in [-0.39, 0.29) is 18.1 Å². The number of rotatable bonds is 5. The molecule has 0 radical (unpaired) electrons. The van der Waals surface area contributed by atoms with Gasteiger partial charge < -0.3 is 20.9 Å². The zero-order valence-corrected chi connectivity index (χ0v) is 14.2. The van der Waals surface area contributed by atoms with Crippen LogP contribution in [0.2, 0.25) is 0 Å². The molecule has 0 spiro atoms. The summed E-state index contributed by atoms with van der Waals surface area (Å²) in [5.74, 6) is 0. The predicted molar refractivity (Wildman–Crippen MR) is 97.3 cm³/mol. The highest BCUT2D eigenvalue weighted by Crippen LogP contribution is 2.19. The minimum atomic E-state index is -0.269. The maximum atomic E-state index is 12.3. The van der Waals surface area contributed by atoms with E-state index in [1.54, 1.807) is 4.90 Å². The number of hydrogen-bond donors (Lipinski definition) is 3. The van der Waals surface area contributed by atoms with E-state index in [1.807, 2.05) is 61.5 Å². The Morgan fingerprint density at radius 1 is 1.16 bits per heavy atom. The highest BCUT2D eigenvalue weighted by atomic mass is 16.2. The van der Waals surface area contributed by atoms with E-state index < -0.39 is 0 Å². The quantitative estimate of drug-likeness (QED) is 0.784. The number of amides is 4. The maximum Gasteiger partial charge on any atom is 0.319 e. The van der Waals surface area contributed by atoms with Gasteiger partial charge in [-0.15, -0.1) is 0 Å². The molecule has 6 nitrogen and oxygen atoms in total. The van der Waals surface area contributed by atoms with Crippen molar-refractivity contribution in [3.63, 3.8) is 0 Å². The summed E-state index contributed by atoms with van der Waals surface area (Å²) in [5.41, 5.74) is 2.65. The third kappa shape index (κ3) is 4.29. The number of carbonyl (C=O) groups is 2. The number of urea groups is 2. The third-order valence-electron chi connectivity index (χ3n) is 4.22. The maximum absolute atomic E-state index is 12.3. The fourth-order valence-electron chi connectivity index (χ4n) is 2.83. The van der Waals surface area contributed by atoms with E-state index in [1.165, 1.54) is 0 Å². The molecule has 1 atom stereocenters. The SMILES string of the molecule is C[C@@H](NC(=O)Nc1ccccc1CN1CCNC1=O)c1ccccc1. The number of anilines is 1. The Hall–Kier alpha value is -3.02. The van der Waals surface area contributed by atoms with Gasteiger partial charge in [0.05, 0.1) is 6.04 Å². The van der Waals surface area contributed by atoms with Gasteiger partial charge in [0.2, 0.25) is 0 Å². The van der Waals surface area contributed by atoms with Crippen LogP contribution in [0.1, 0.15) is 24.1 Å². The van der Waals surface area contributed by atoms with Gasteiger partial charge >= 0.3 is 12.1 Å². The lowest BCUT2D eigenvalue weighted by Gasteiger charge is -2.19. The molecule has 0 aromatic heterocycles. The van der Waals surface area contributed by atoms with Gasteiger partial charge in [-0.1, -0.05) is 48.5 Å². The molecule has 4 amide bonds. The number of benzene rings is 2. The number of hydrogen-bond acceptors (Lipinski definition) is 2. The Balaban J connectivity index is 1.64. The molecule has 3 N–H and O–H groups in total. The molecule has 1 fully saturated rings. The molecule has 2 aromatic rings. The first kappa shape index (κ1) is 16.8. The van der Waals surface area contributed by atoms with Crippen molar-refractivity contribution in [2.24, 2.45) is 0 Å². The Labute approximate surface area is 147 Å². The average molecular weight is 338 g/mol. The van der Waals surface area contributed by atoms with Crippen molar-refractivity contribution < 1.29 is 9.59 Å². The third-order valence-corrected chi connectivity index (χ3v) is 4.22. The molecule has 0 aliphatic carbocycles. The topological polar surface area (TPSA) is 73.5 Å². The smallest absolute Gasteiger partial charge is 0.319 e. The van der Waals surface area contributed by atoms with Crippen molar-refractivity contribution in [3.05, 3.63) is 65.7 Å². The molecule has 1 aliphatic rings. The Kier molecular flexibility index (Phi) is 5.18. The molecule has 0 bridgehead atoms. The van der Waals surface area contributed by atoms with Gasteiger partial charge in [0.25, 0.3) is 0 Å². The summed E-state index contributed by atoms with van der Waals surface area (Å²) in [6.45, 7) is 3.74. The summed E-state index contributed by atoms with van der Waals surface area (Å²) in [6, 6.07) is 16.9. The molecule has 2 aromatic carbocycles. The summed E-state index contributed by atoms with van der Waals surface area (Å²) < 4.78 is 0. The molecule has 0 saturated carbocycles. The molecule has 3 rings (SSSR count). The Bertz CT molecular complexity index is 748. The second kappa shape index (κ2) is 7.70. The molecule has 1 saturated heterocycles. The van der Waals surface area contributed by atoms with Crippen molar-refractivity contribution in [1.82, 2.24) is 15.5 Å². The summed E-state index contributed by atoms with van der Waals surface area (Å²) in [4.78, 5) is 25.8. The lowest BCUT2D eigenvalue weighted by atomic mass is 10.1. The molecule has 130 valence electrons. The minimum Gasteiger partial charge on any atom is -0.336 e. The van der Waals surface area contributed by atoms with E-state index in [2.05, 4.69) is 16.0 Å². The van der Waals surface area contributed by atoms with E-state index in [9.17, 15) is 9.59 Å². The number of carbonyl (C=O) groups excluding carboxylic acids is 2. The van der Waals surface area contributed by atoms with Gasteiger partial charge in [0.15, 0.2) is 0 Å². The van der Waals surface area contributed by atoms with Gasteiger partial charge in [0, 0.05) is 25.3 Å². The van der Waals surface area contributed by atoms with Crippen LogP contribution >= 0.6 is 0 Å². The highest BCUT2D eigenvalue weighted by molar-refractivity contribution is 5.90. The molecule has 6 heteroatoms. The summed E-state index contributed by atoms with van der Waals surface area (Å²) in [6.07, 6.45) is 0. The number of para-hydroxylation sites is 1. The molecule has 0 unspecified atom stereocenters. The minimum absolute atomic E-state index is 0.0723. The van der Waals surface area contributed by atoms with Crippen LogP contribution in [0.25, 0.3) is 0 Å². The fourth-order valence-corrected chi connectivity index (χ4v) is 2.83. The van der Waals surface area contributed by atoms with Crippen molar-refractivity contribution in [2.75, 3.05) is 18.4 Å². The molecule has 25 heavy (non-hydrogen) atoms. The zero-order chi connectivity index (χ0) is 17.6. The highest BCUT2D eigenvalue weighted by Gasteiger charge is 2.20. The second-order valence-electron chi connectivity index (χ2n) is 6.04. The summed E-state index contributed by atoms with van der Waals surface area (Å²) >= 11 is 0. The first-order valence-corrected chi connectivity index (χ1v) is 8.36. The average Bonchev–Trinajstić information content (AvgIpc) is 3.02. The normalized spacial score (nSPS) is 14.8. The Morgan fingerprint density at radius 3 is 2.60 bits per heavy atom. The van der Waals surface area contributed by atoms with Gasteiger partial charge in [-0.05, 0) is 24.1 Å². The fraction of sp³-hybridized carbons (Fsp3) is 0.263. The first-order chi connectivity index (χ1) is 12.1. The van der Waals surface area contributed by atoms with E-state index >= 15 is 0 Å². The number of nitrogens with one attached hydrogen (secondary N) is 3. The van der Waals surface area contributed by atoms with Crippen LogP contribution in [-0.4, -0.2) is 30.1 Å². The van der Waals surface area contributed by atoms with E-state index in [0.29, 0.717) is 25.3 Å². The van der Waals surface area contributed by atoms with Gasteiger partial charge in [0.1, 0.15) is 0 Å². The van der Waals surface area contributed by atoms with Crippen LogP contribution in [0.5, 0.6) is 0 Å². The van der Waals surface area contributed by atoms with E-state index in [4.69, 9.17) is 0 Å². The van der Waals surface area contributed by atoms with Crippen molar-refractivity contribution in [1.29, 1.82) is 0 Å². The molecular weight excluding hydrogens is 316 g/mol. The molecule has 1 aliphatic heterocycles. The van der Waals surface area contributed by atoms with Gasteiger partial charge in [-0.25, -0.2) is 9.59 Å². The van der Waals surface area contributed by atoms with Gasteiger partial charge in [-0.3, -0.25) is 0 Å². The summed E-state index contributed by atoms with van der Waals surface area (Å²) in [5, 5.41) is 8.60. The summed E-state index contributed by atoms with van der Waals surface area (Å²) in [7, 11) is 0. The van der Waals surface area contributed by atoms with Crippen molar-refractivity contribution in [3.8, 4) is 0 Å². The monoisotopic (exact) mass is 338 g/mol. The van der Waals surface area contributed by atoms with Gasteiger partial charge in [-0.2, -0.15) is 0 Å². The predicted octanol–water partition coefficient (Wildman–Crippen LogP) is 3.09. The standard InChI is InChI=1S/C19H22N4O2/c1-14(15-7-3-2-4-8-15)21-18(24)22-17-10-6-5-9-16(17)13-23-12-11-20-19(23)25/h2-10,14H,11-13H2,1H3,(H,20,25)(H2,21,22,24)/t14-/m1/s1. The Morgan fingerprint density at radius 2 is 1.88 bits per heavy atom. The lowest BCUT2D eigenvalue weighted by molar-refractivity contribution is 0.215. The second-order valence-corrected chi connectivity index (χ2v) is 6.04. The molecular formula is C19H22N4O2. The zero-order valence-electron chi connectivity index (χ0n) is 14.2. The van der Waals surface area contributed by atoms with Crippen molar-refractivity contribution >= 4 is 17.7 Å². The van der Waals surface area contributed by atoms with Crippen molar-refractivity contribution in [2.45, 2.75) is 19.5 Å². The molecule has 1 heterocycles. The lowest BCUT2D eigenvalue weighted by Crippen LogP contribution is -2.32. The number of nitrogens with zero attached hydrogens (tertiary/aromatic N) is 1. The van der Waals surface area contributed by atoms with Crippen LogP contribution in [0.15, 0.2) is 54.6 Å². The van der Waals surface area contributed by atoms with Crippen LogP contribution in [0, 0.1) is 0 Å². The van der Waals surface area contributed by atoms with Crippen LogP contribution in [0.4, 0.5) is 15.3 Å². The van der Waals surface area contributed by atoms with E-state index in [0.717, 1.165) is 11.1 Å². The van der Waals surface area contributed by atoms with Crippen LogP contribution in [-0.2, 0) is 6.54 Å². The van der Waals surface area contributed by atoms with Crippen LogP contribution in [0.3, 0.4) is 0 Å².